The fourth-order valence-corrected chi connectivity index (χ4v) is 2.43. The van der Waals surface area contributed by atoms with Crippen LogP contribution in [0.5, 0.6) is 17.2 Å². The van der Waals surface area contributed by atoms with Crippen LogP contribution in [0.3, 0.4) is 0 Å². The van der Waals surface area contributed by atoms with E-state index in [1.54, 1.807) is 21.3 Å². The predicted molar refractivity (Wildman–Crippen MR) is 77.7 cm³/mol. The fourth-order valence-electron chi connectivity index (χ4n) is 2.43. The highest BCUT2D eigenvalue weighted by atomic mass is 16.5. The molecule has 2 aromatic carbocycles. The number of hydrogen-bond donors (Lipinski definition) is 0. The second kappa shape index (κ2) is 5.39. The third-order valence-electron chi connectivity index (χ3n) is 3.33. The summed E-state index contributed by atoms with van der Waals surface area (Å²) in [7, 11) is 5.03. The minimum atomic E-state index is 0.372. The van der Waals surface area contributed by atoms with E-state index in [0.717, 1.165) is 28.0 Å². The van der Waals surface area contributed by atoms with Gasteiger partial charge in [-0.05, 0) is 23.4 Å². The van der Waals surface area contributed by atoms with Crippen LogP contribution in [0.15, 0.2) is 24.3 Å². The summed E-state index contributed by atoms with van der Waals surface area (Å²) in [6, 6.07) is 7.97. The molecular weight excluding hydrogens is 240 g/mol. The van der Waals surface area contributed by atoms with E-state index in [4.69, 9.17) is 14.2 Å². The average Bonchev–Trinajstić information content (AvgIpc) is 2.44. The normalized spacial score (nSPS) is 10.8. The van der Waals surface area contributed by atoms with Crippen LogP contribution in [0.2, 0.25) is 0 Å². The third-order valence-corrected chi connectivity index (χ3v) is 3.33. The van der Waals surface area contributed by atoms with Crippen LogP contribution in [-0.4, -0.2) is 21.3 Å². The molecule has 102 valence electrons. The third kappa shape index (κ3) is 2.33. The van der Waals surface area contributed by atoms with E-state index in [1.807, 2.05) is 18.2 Å². The first-order chi connectivity index (χ1) is 9.12. The summed E-state index contributed by atoms with van der Waals surface area (Å²) < 4.78 is 16.3. The Morgan fingerprint density at radius 2 is 1.47 bits per heavy atom. The zero-order valence-electron chi connectivity index (χ0n) is 12.1. The van der Waals surface area contributed by atoms with Gasteiger partial charge in [0, 0.05) is 17.0 Å². The van der Waals surface area contributed by atoms with Crippen LogP contribution in [0.4, 0.5) is 0 Å². The van der Waals surface area contributed by atoms with Gasteiger partial charge >= 0.3 is 0 Å². The number of benzene rings is 2. The summed E-state index contributed by atoms with van der Waals surface area (Å²) in [4.78, 5) is 0. The Bertz CT molecular complexity index is 588. The van der Waals surface area contributed by atoms with Gasteiger partial charge in [0.05, 0.1) is 21.3 Å². The lowest BCUT2D eigenvalue weighted by Gasteiger charge is -2.18. The van der Waals surface area contributed by atoms with E-state index in [2.05, 4.69) is 19.9 Å². The van der Waals surface area contributed by atoms with E-state index in [1.165, 1.54) is 5.56 Å². The first-order valence-corrected chi connectivity index (χ1v) is 6.35. The van der Waals surface area contributed by atoms with Gasteiger partial charge in [-0.1, -0.05) is 19.9 Å². The van der Waals surface area contributed by atoms with Gasteiger partial charge in [-0.2, -0.15) is 0 Å². The molecule has 0 aliphatic rings. The Morgan fingerprint density at radius 3 is 2.00 bits per heavy atom. The summed E-state index contributed by atoms with van der Waals surface area (Å²) in [6.45, 7) is 4.32. The molecule has 3 nitrogen and oxygen atoms in total. The first kappa shape index (κ1) is 13.5. The monoisotopic (exact) mass is 260 g/mol. The first-order valence-electron chi connectivity index (χ1n) is 6.35. The van der Waals surface area contributed by atoms with Crippen LogP contribution in [0, 0.1) is 0 Å². The Kier molecular flexibility index (Phi) is 3.84. The molecule has 0 aliphatic carbocycles. The van der Waals surface area contributed by atoms with Crippen molar-refractivity contribution in [3.05, 3.63) is 29.8 Å². The summed E-state index contributed by atoms with van der Waals surface area (Å²) in [5.74, 6) is 2.86. The van der Waals surface area contributed by atoms with Gasteiger partial charge in [0.1, 0.15) is 17.2 Å². The van der Waals surface area contributed by atoms with Gasteiger partial charge in [-0.15, -0.1) is 0 Å². The summed E-state index contributed by atoms with van der Waals surface area (Å²) >= 11 is 0. The lowest BCUT2D eigenvalue weighted by atomic mass is 9.94. The Hall–Kier alpha value is -1.90. The molecule has 0 saturated carbocycles. The molecule has 2 aromatic rings. The van der Waals surface area contributed by atoms with Gasteiger partial charge in [-0.25, -0.2) is 0 Å². The highest BCUT2D eigenvalue weighted by Crippen LogP contribution is 2.40. The second-order valence-electron chi connectivity index (χ2n) is 4.76. The maximum atomic E-state index is 5.50. The molecule has 0 unspecified atom stereocenters. The van der Waals surface area contributed by atoms with Crippen molar-refractivity contribution in [1.82, 2.24) is 0 Å². The van der Waals surface area contributed by atoms with Gasteiger partial charge in [0.15, 0.2) is 0 Å². The molecule has 0 radical (unpaired) electrons. The molecule has 0 saturated heterocycles. The maximum Gasteiger partial charge on any atom is 0.130 e. The maximum absolute atomic E-state index is 5.50. The predicted octanol–water partition coefficient (Wildman–Crippen LogP) is 3.99. The van der Waals surface area contributed by atoms with Gasteiger partial charge in [0.25, 0.3) is 0 Å². The van der Waals surface area contributed by atoms with Crippen LogP contribution in [-0.2, 0) is 0 Å². The van der Waals surface area contributed by atoms with Crippen molar-refractivity contribution >= 4 is 10.8 Å². The zero-order chi connectivity index (χ0) is 14.0. The van der Waals surface area contributed by atoms with Crippen LogP contribution in [0.25, 0.3) is 10.8 Å². The van der Waals surface area contributed by atoms with Crippen molar-refractivity contribution < 1.29 is 14.2 Å². The molecular formula is C16H20O3. The fraction of sp³-hybridized carbons (Fsp3) is 0.375. The number of hydrogen-bond acceptors (Lipinski definition) is 3. The zero-order valence-corrected chi connectivity index (χ0v) is 12.1. The summed E-state index contributed by atoms with van der Waals surface area (Å²) in [6.07, 6.45) is 0. The molecule has 0 aliphatic heterocycles. The molecule has 0 bridgehead atoms. The largest absolute Gasteiger partial charge is 0.497 e. The number of methoxy groups -OCH3 is 3. The molecule has 3 heteroatoms. The van der Waals surface area contributed by atoms with Crippen molar-refractivity contribution in [2.24, 2.45) is 0 Å². The minimum absolute atomic E-state index is 0.372. The number of fused-ring (bicyclic) bond motifs is 1. The highest BCUT2D eigenvalue weighted by Gasteiger charge is 2.16. The molecule has 19 heavy (non-hydrogen) atoms. The number of rotatable bonds is 4. The smallest absolute Gasteiger partial charge is 0.130 e. The average molecular weight is 260 g/mol. The van der Waals surface area contributed by atoms with Crippen molar-refractivity contribution in [2.75, 3.05) is 21.3 Å². The summed E-state index contributed by atoms with van der Waals surface area (Å²) in [5, 5.41) is 2.19. The molecule has 2 rings (SSSR count). The summed E-state index contributed by atoms with van der Waals surface area (Å²) in [5.41, 5.74) is 1.20. The molecule has 0 fully saturated rings. The molecule has 0 amide bonds. The lowest BCUT2D eigenvalue weighted by molar-refractivity contribution is 0.392. The minimum Gasteiger partial charge on any atom is -0.497 e. The molecule has 0 aromatic heterocycles. The van der Waals surface area contributed by atoms with Crippen molar-refractivity contribution in [3.8, 4) is 17.2 Å². The van der Waals surface area contributed by atoms with Crippen molar-refractivity contribution in [3.63, 3.8) is 0 Å². The topological polar surface area (TPSA) is 27.7 Å². The van der Waals surface area contributed by atoms with Gasteiger partial charge < -0.3 is 14.2 Å². The Balaban J connectivity index is 2.84. The van der Waals surface area contributed by atoms with E-state index < -0.39 is 0 Å². The quantitative estimate of drug-likeness (QED) is 0.832. The van der Waals surface area contributed by atoms with Crippen molar-refractivity contribution in [2.45, 2.75) is 19.8 Å². The Morgan fingerprint density at radius 1 is 0.789 bits per heavy atom. The molecule has 0 atom stereocenters. The molecule has 0 heterocycles. The number of ether oxygens (including phenoxy) is 3. The van der Waals surface area contributed by atoms with E-state index in [-0.39, 0.29) is 0 Å². The lowest BCUT2D eigenvalue weighted by Crippen LogP contribution is -1.98. The molecule has 0 spiro atoms. The van der Waals surface area contributed by atoms with Crippen molar-refractivity contribution in [1.29, 1.82) is 0 Å². The van der Waals surface area contributed by atoms with E-state index in [9.17, 15) is 0 Å². The standard InChI is InChI=1S/C16H20O3/c1-10(2)16-12-7-6-11(17-3)8-13(12)14(18-4)9-15(16)19-5/h6-10H,1-5H3. The van der Waals surface area contributed by atoms with Crippen LogP contribution < -0.4 is 14.2 Å². The Labute approximate surface area is 114 Å². The van der Waals surface area contributed by atoms with Gasteiger partial charge in [0.2, 0.25) is 0 Å². The van der Waals surface area contributed by atoms with Crippen LogP contribution in [0.1, 0.15) is 25.3 Å². The van der Waals surface area contributed by atoms with E-state index >= 15 is 0 Å². The van der Waals surface area contributed by atoms with Crippen LogP contribution >= 0.6 is 0 Å². The highest BCUT2D eigenvalue weighted by molar-refractivity contribution is 5.94. The second-order valence-corrected chi connectivity index (χ2v) is 4.76. The molecule has 0 N–H and O–H groups in total. The van der Waals surface area contributed by atoms with E-state index in [0.29, 0.717) is 5.92 Å². The SMILES string of the molecule is COc1ccc2c(C(C)C)c(OC)cc(OC)c2c1. The van der Waals surface area contributed by atoms with Gasteiger partial charge in [-0.3, -0.25) is 0 Å².